The molecule has 0 unspecified atom stereocenters. The highest BCUT2D eigenvalue weighted by atomic mass is 16.4. The quantitative estimate of drug-likeness (QED) is 0.709. The number of aromatic carboxylic acids is 1. The van der Waals surface area contributed by atoms with E-state index in [0.717, 1.165) is 0 Å². The number of aromatic nitrogens is 2. The van der Waals surface area contributed by atoms with Crippen molar-refractivity contribution in [3.8, 4) is 0 Å². The molecule has 62 valence electrons. The molecule has 0 aromatic carbocycles. The topological polar surface area (TPSA) is 66.0 Å². The summed E-state index contributed by atoms with van der Waals surface area (Å²) in [5.74, 6) is -1.07. The van der Waals surface area contributed by atoms with Crippen molar-refractivity contribution in [1.29, 1.82) is 0 Å². The Hall–Kier alpha value is -1.84. The van der Waals surface area contributed by atoms with Crippen molar-refractivity contribution in [3.05, 3.63) is 30.1 Å². The second-order valence-electron chi connectivity index (χ2n) is 2.11. The second-order valence-corrected chi connectivity index (χ2v) is 2.11. The van der Waals surface area contributed by atoms with Crippen LogP contribution >= 0.6 is 0 Å². The van der Waals surface area contributed by atoms with Gasteiger partial charge in [0.25, 0.3) is 0 Å². The lowest BCUT2D eigenvalue weighted by Crippen LogP contribution is -1.98. The number of nitrogens with one attached hydrogen (secondary N) is 1. The first-order valence-corrected chi connectivity index (χ1v) is 3.27. The lowest BCUT2D eigenvalue weighted by atomic mass is 10.2. The van der Waals surface area contributed by atoms with Crippen LogP contribution < -0.4 is 0 Å². The number of aromatic amines is 1. The van der Waals surface area contributed by atoms with Gasteiger partial charge in [-0.25, -0.2) is 4.79 Å². The normalized spacial score (nSPS) is 9.33. The van der Waals surface area contributed by atoms with E-state index in [2.05, 4.69) is 23.4 Å². The Morgan fingerprint density at radius 1 is 1.50 bits per heavy atom. The minimum atomic E-state index is -1.07. The van der Waals surface area contributed by atoms with E-state index in [9.17, 15) is 4.79 Å². The van der Waals surface area contributed by atoms with Crippen molar-refractivity contribution < 1.29 is 9.90 Å². The largest absolute Gasteiger partial charge is 0.476 e. The lowest BCUT2D eigenvalue weighted by Gasteiger charge is -1.90. The van der Waals surface area contributed by atoms with Gasteiger partial charge in [0, 0.05) is 5.56 Å². The van der Waals surface area contributed by atoms with E-state index in [4.69, 9.17) is 5.11 Å². The van der Waals surface area contributed by atoms with Crippen LogP contribution in [-0.4, -0.2) is 21.3 Å². The molecule has 1 heterocycles. The molecule has 4 nitrogen and oxygen atoms in total. The van der Waals surface area contributed by atoms with Crippen LogP contribution in [0.15, 0.2) is 13.2 Å². The highest BCUT2D eigenvalue weighted by molar-refractivity contribution is 5.91. The standard InChI is InChI=1S/C8H8N2O2/c1-3-5-6(4-2)9-10-7(5)8(11)12/h3-4H,1-2H2,(H,9,10)(H,11,12). The van der Waals surface area contributed by atoms with Gasteiger partial charge in [-0.05, 0) is 6.08 Å². The number of rotatable bonds is 3. The molecule has 0 saturated heterocycles. The first-order valence-electron chi connectivity index (χ1n) is 3.27. The molecule has 0 saturated carbocycles. The highest BCUT2D eigenvalue weighted by Crippen LogP contribution is 2.13. The molecule has 0 aliphatic heterocycles. The SMILES string of the molecule is C=Cc1[nH]nc(C(=O)O)c1C=C. The molecule has 0 aliphatic carbocycles. The van der Waals surface area contributed by atoms with Crippen molar-refractivity contribution in [1.82, 2.24) is 10.2 Å². The molecule has 0 amide bonds. The number of hydrogen-bond acceptors (Lipinski definition) is 2. The zero-order valence-corrected chi connectivity index (χ0v) is 6.37. The van der Waals surface area contributed by atoms with Crippen LogP contribution in [-0.2, 0) is 0 Å². The van der Waals surface area contributed by atoms with E-state index in [1.807, 2.05) is 0 Å². The lowest BCUT2D eigenvalue weighted by molar-refractivity contribution is 0.0690. The summed E-state index contributed by atoms with van der Waals surface area (Å²) in [6.45, 7) is 6.98. The Bertz CT molecular complexity index is 339. The number of hydrogen-bond donors (Lipinski definition) is 2. The molecule has 0 radical (unpaired) electrons. The van der Waals surface area contributed by atoms with Crippen LogP contribution in [0.1, 0.15) is 21.7 Å². The fraction of sp³-hybridized carbons (Fsp3) is 0. The Kier molecular flexibility index (Phi) is 2.09. The molecular weight excluding hydrogens is 156 g/mol. The maximum Gasteiger partial charge on any atom is 0.357 e. The van der Waals surface area contributed by atoms with E-state index in [0.29, 0.717) is 11.3 Å². The van der Waals surface area contributed by atoms with Crippen molar-refractivity contribution >= 4 is 18.1 Å². The van der Waals surface area contributed by atoms with Crippen LogP contribution in [0.3, 0.4) is 0 Å². The van der Waals surface area contributed by atoms with Crippen LogP contribution in [0.4, 0.5) is 0 Å². The van der Waals surface area contributed by atoms with Crippen molar-refractivity contribution in [2.45, 2.75) is 0 Å². The smallest absolute Gasteiger partial charge is 0.357 e. The summed E-state index contributed by atoms with van der Waals surface area (Å²) < 4.78 is 0. The van der Waals surface area contributed by atoms with Crippen molar-refractivity contribution in [3.63, 3.8) is 0 Å². The Balaban J connectivity index is 3.31. The van der Waals surface area contributed by atoms with Gasteiger partial charge in [0.1, 0.15) is 0 Å². The second kappa shape index (κ2) is 3.04. The summed E-state index contributed by atoms with van der Waals surface area (Å²) in [6.07, 6.45) is 2.93. The maximum absolute atomic E-state index is 10.5. The molecule has 1 aromatic rings. The maximum atomic E-state index is 10.5. The average molecular weight is 164 g/mol. The van der Waals surface area contributed by atoms with Gasteiger partial charge in [-0.1, -0.05) is 19.2 Å². The summed E-state index contributed by atoms with van der Waals surface area (Å²) in [7, 11) is 0. The van der Waals surface area contributed by atoms with Crippen LogP contribution in [0, 0.1) is 0 Å². The third kappa shape index (κ3) is 1.14. The number of carboxylic acid groups (broad SMARTS) is 1. The van der Waals surface area contributed by atoms with Crippen LogP contribution in [0.5, 0.6) is 0 Å². The van der Waals surface area contributed by atoms with E-state index in [1.165, 1.54) is 12.2 Å². The molecule has 0 spiro atoms. The summed E-state index contributed by atoms with van der Waals surface area (Å²) >= 11 is 0. The Morgan fingerprint density at radius 2 is 2.17 bits per heavy atom. The summed E-state index contributed by atoms with van der Waals surface area (Å²) in [4.78, 5) is 10.5. The molecule has 0 aliphatic rings. The molecule has 0 fully saturated rings. The summed E-state index contributed by atoms with van der Waals surface area (Å²) in [6, 6.07) is 0. The summed E-state index contributed by atoms with van der Waals surface area (Å²) in [5, 5.41) is 14.8. The third-order valence-electron chi connectivity index (χ3n) is 1.44. The zero-order chi connectivity index (χ0) is 9.14. The van der Waals surface area contributed by atoms with Gasteiger partial charge in [-0.15, -0.1) is 0 Å². The molecule has 12 heavy (non-hydrogen) atoms. The molecule has 1 aromatic heterocycles. The molecule has 0 bridgehead atoms. The Labute approximate surface area is 69.2 Å². The van der Waals surface area contributed by atoms with E-state index in [1.54, 1.807) is 0 Å². The molecule has 0 atom stereocenters. The molecular formula is C8H8N2O2. The van der Waals surface area contributed by atoms with Gasteiger partial charge in [0.05, 0.1) is 5.69 Å². The van der Waals surface area contributed by atoms with E-state index >= 15 is 0 Å². The van der Waals surface area contributed by atoms with Gasteiger partial charge in [-0.2, -0.15) is 5.10 Å². The first-order chi connectivity index (χ1) is 5.70. The monoisotopic (exact) mass is 164 g/mol. The van der Waals surface area contributed by atoms with E-state index < -0.39 is 5.97 Å². The number of carboxylic acids is 1. The van der Waals surface area contributed by atoms with Crippen molar-refractivity contribution in [2.24, 2.45) is 0 Å². The van der Waals surface area contributed by atoms with Gasteiger partial charge in [-0.3, -0.25) is 5.10 Å². The van der Waals surface area contributed by atoms with Gasteiger partial charge < -0.3 is 5.11 Å². The minimum Gasteiger partial charge on any atom is -0.476 e. The Morgan fingerprint density at radius 3 is 2.58 bits per heavy atom. The molecule has 1 rings (SSSR count). The fourth-order valence-electron chi connectivity index (χ4n) is 0.889. The number of carbonyl (C=O) groups is 1. The first kappa shape index (κ1) is 8.26. The highest BCUT2D eigenvalue weighted by Gasteiger charge is 2.13. The zero-order valence-electron chi connectivity index (χ0n) is 6.37. The predicted molar refractivity (Wildman–Crippen MR) is 45.7 cm³/mol. The van der Waals surface area contributed by atoms with Crippen LogP contribution in [0.2, 0.25) is 0 Å². The van der Waals surface area contributed by atoms with E-state index in [-0.39, 0.29) is 5.69 Å². The van der Waals surface area contributed by atoms with Gasteiger partial charge in [0.15, 0.2) is 5.69 Å². The molecule has 2 N–H and O–H groups in total. The minimum absolute atomic E-state index is 0.0279. The van der Waals surface area contributed by atoms with Gasteiger partial charge >= 0.3 is 5.97 Å². The van der Waals surface area contributed by atoms with Crippen molar-refractivity contribution in [2.75, 3.05) is 0 Å². The average Bonchev–Trinajstić information content (AvgIpc) is 2.46. The molecule has 4 heteroatoms. The third-order valence-corrected chi connectivity index (χ3v) is 1.44. The summed E-state index contributed by atoms with van der Waals surface area (Å²) in [5.41, 5.74) is 1.01. The van der Waals surface area contributed by atoms with Gasteiger partial charge in [0.2, 0.25) is 0 Å². The predicted octanol–water partition coefficient (Wildman–Crippen LogP) is 1.39. The number of H-pyrrole nitrogens is 1. The van der Waals surface area contributed by atoms with Crippen LogP contribution in [0.25, 0.3) is 12.2 Å². The number of nitrogens with zero attached hydrogens (tertiary/aromatic N) is 1. The fourth-order valence-corrected chi connectivity index (χ4v) is 0.889.